The Labute approximate surface area is 349 Å². The monoisotopic (exact) mass is 779 g/mol. The molecule has 0 atom stereocenters. The van der Waals surface area contributed by atoms with Crippen LogP contribution in [0.2, 0.25) is 0 Å². The van der Waals surface area contributed by atoms with Crippen LogP contribution in [0.1, 0.15) is 0 Å². The highest BCUT2D eigenvalue weighted by atomic mass is 16.3. The molecular formula is C55H33N5O. The van der Waals surface area contributed by atoms with E-state index in [1.54, 1.807) is 0 Å². The molecule has 284 valence electrons. The first-order valence-electron chi connectivity index (χ1n) is 20.5. The van der Waals surface area contributed by atoms with E-state index in [9.17, 15) is 0 Å². The van der Waals surface area contributed by atoms with Crippen molar-refractivity contribution in [1.29, 1.82) is 0 Å². The summed E-state index contributed by atoms with van der Waals surface area (Å²) < 4.78 is 11.6. The fourth-order valence-electron chi connectivity index (χ4n) is 9.53. The second-order valence-corrected chi connectivity index (χ2v) is 15.6. The third kappa shape index (κ3) is 5.06. The number of hydrogen-bond acceptors (Lipinski definition) is 4. The SMILES string of the molecule is c1ccc(-c2nc(-c3ccccc3)nc(-c3cc4oc5ccc(-n6c7ccccc7c7c8c9ccccc9n(-c9ccccc9)c8ccc76)cc5c4c4ccccc34)n2)cc1. The molecule has 0 bridgehead atoms. The number of rotatable bonds is 5. The number of para-hydroxylation sites is 3. The van der Waals surface area contributed by atoms with Crippen LogP contribution in [0.5, 0.6) is 0 Å². The minimum Gasteiger partial charge on any atom is -0.456 e. The maximum atomic E-state index is 6.77. The fraction of sp³-hybridized carbons (Fsp3) is 0. The van der Waals surface area contributed by atoms with Crippen molar-refractivity contribution in [2.75, 3.05) is 0 Å². The van der Waals surface area contributed by atoms with E-state index in [2.05, 4.69) is 149 Å². The number of aromatic nitrogens is 5. The smallest absolute Gasteiger partial charge is 0.164 e. The largest absolute Gasteiger partial charge is 0.456 e. The van der Waals surface area contributed by atoms with Crippen LogP contribution in [0.3, 0.4) is 0 Å². The van der Waals surface area contributed by atoms with Gasteiger partial charge in [-0.3, -0.25) is 0 Å². The van der Waals surface area contributed by atoms with E-state index >= 15 is 0 Å². The van der Waals surface area contributed by atoms with Crippen LogP contribution in [0, 0.1) is 0 Å². The highest BCUT2D eigenvalue weighted by molar-refractivity contribution is 6.29. The van der Waals surface area contributed by atoms with Gasteiger partial charge in [0.25, 0.3) is 0 Å². The fourth-order valence-corrected chi connectivity index (χ4v) is 9.53. The van der Waals surface area contributed by atoms with Gasteiger partial charge in [-0.25, -0.2) is 15.0 Å². The van der Waals surface area contributed by atoms with Crippen molar-refractivity contribution in [2.24, 2.45) is 0 Å². The lowest BCUT2D eigenvalue weighted by Gasteiger charge is -2.11. The summed E-state index contributed by atoms with van der Waals surface area (Å²) in [6, 6.07) is 70.2. The average Bonchev–Trinajstić information content (AvgIpc) is 3.99. The van der Waals surface area contributed by atoms with Crippen LogP contribution in [0.15, 0.2) is 205 Å². The third-order valence-electron chi connectivity index (χ3n) is 12.1. The quantitative estimate of drug-likeness (QED) is 0.175. The Morgan fingerprint density at radius 2 is 0.803 bits per heavy atom. The first-order chi connectivity index (χ1) is 30.3. The van der Waals surface area contributed by atoms with Gasteiger partial charge in [-0.05, 0) is 71.4 Å². The predicted octanol–water partition coefficient (Wildman–Crippen LogP) is 14.1. The van der Waals surface area contributed by atoms with Crippen molar-refractivity contribution < 1.29 is 4.42 Å². The summed E-state index contributed by atoms with van der Waals surface area (Å²) in [5.74, 6) is 1.84. The van der Waals surface area contributed by atoms with Crippen LogP contribution >= 0.6 is 0 Å². The van der Waals surface area contributed by atoms with Gasteiger partial charge in [0, 0.05) is 60.4 Å². The van der Waals surface area contributed by atoms with Crippen LogP contribution in [-0.4, -0.2) is 24.1 Å². The van der Waals surface area contributed by atoms with E-state index in [0.29, 0.717) is 17.5 Å². The Hall–Kier alpha value is -8.35. The van der Waals surface area contributed by atoms with Gasteiger partial charge in [0.2, 0.25) is 0 Å². The molecule has 6 heteroatoms. The third-order valence-corrected chi connectivity index (χ3v) is 12.1. The summed E-state index contributed by atoms with van der Waals surface area (Å²) in [7, 11) is 0. The number of furan rings is 1. The Morgan fingerprint density at radius 3 is 1.41 bits per heavy atom. The lowest BCUT2D eigenvalue weighted by molar-refractivity contribution is 0.669. The van der Waals surface area contributed by atoms with E-state index in [0.717, 1.165) is 71.8 Å². The van der Waals surface area contributed by atoms with Crippen LogP contribution in [0.4, 0.5) is 0 Å². The van der Waals surface area contributed by atoms with Gasteiger partial charge in [-0.1, -0.05) is 140 Å². The second-order valence-electron chi connectivity index (χ2n) is 15.6. The lowest BCUT2D eigenvalue weighted by atomic mass is 9.98. The molecule has 13 rings (SSSR count). The van der Waals surface area contributed by atoms with Gasteiger partial charge in [0.15, 0.2) is 17.5 Å². The zero-order valence-electron chi connectivity index (χ0n) is 32.7. The molecule has 0 amide bonds. The summed E-state index contributed by atoms with van der Waals surface area (Å²) in [5, 5.41) is 9.18. The van der Waals surface area contributed by atoms with Crippen molar-refractivity contribution in [3.05, 3.63) is 200 Å². The minimum atomic E-state index is 0.595. The lowest BCUT2D eigenvalue weighted by Crippen LogP contribution is -2.00. The van der Waals surface area contributed by atoms with E-state index in [1.807, 2.05) is 60.7 Å². The zero-order chi connectivity index (χ0) is 40.0. The average molecular weight is 780 g/mol. The molecule has 9 aromatic carbocycles. The molecule has 0 aliphatic heterocycles. The molecule has 0 radical (unpaired) electrons. The van der Waals surface area contributed by atoms with E-state index < -0.39 is 0 Å². The van der Waals surface area contributed by atoms with Gasteiger partial charge in [-0.15, -0.1) is 0 Å². The molecule has 4 aromatic heterocycles. The first kappa shape index (κ1) is 33.6. The second kappa shape index (κ2) is 13.1. The van der Waals surface area contributed by atoms with Gasteiger partial charge in [0.05, 0.1) is 22.1 Å². The topological polar surface area (TPSA) is 61.7 Å². The van der Waals surface area contributed by atoms with Crippen molar-refractivity contribution in [3.63, 3.8) is 0 Å². The standard InChI is InChI=1S/C55H33N5O/c1-4-16-34(17-5-1)53-56-54(35-18-6-2-7-19-35)58-55(57-53)42-33-49-50(39-23-11-10-22-38(39)42)43-32-37(28-31-48(43)61-49)60-45-27-15-13-25-41(45)52-47(60)30-29-46-51(52)40-24-12-14-26-44(40)59(46)36-20-8-3-9-21-36/h1-33H. The Balaban J connectivity index is 1.05. The summed E-state index contributed by atoms with van der Waals surface area (Å²) in [6.07, 6.45) is 0. The van der Waals surface area contributed by atoms with Gasteiger partial charge < -0.3 is 13.6 Å². The van der Waals surface area contributed by atoms with Crippen molar-refractivity contribution in [2.45, 2.75) is 0 Å². The number of benzene rings is 9. The molecule has 0 saturated heterocycles. The minimum absolute atomic E-state index is 0.595. The summed E-state index contributed by atoms with van der Waals surface area (Å²) in [5.41, 5.74) is 11.2. The summed E-state index contributed by atoms with van der Waals surface area (Å²) in [6.45, 7) is 0. The van der Waals surface area contributed by atoms with Gasteiger partial charge in [0.1, 0.15) is 11.2 Å². The highest BCUT2D eigenvalue weighted by Gasteiger charge is 2.23. The Kier molecular flexibility index (Phi) is 7.21. The summed E-state index contributed by atoms with van der Waals surface area (Å²) in [4.78, 5) is 15.2. The molecule has 13 aromatic rings. The maximum absolute atomic E-state index is 6.77. The van der Waals surface area contributed by atoms with E-state index in [1.165, 1.54) is 32.6 Å². The van der Waals surface area contributed by atoms with Gasteiger partial charge >= 0.3 is 0 Å². The molecule has 0 spiro atoms. The molecule has 0 unspecified atom stereocenters. The number of nitrogens with zero attached hydrogens (tertiary/aromatic N) is 5. The number of hydrogen-bond donors (Lipinski definition) is 0. The molecule has 0 fully saturated rings. The molecule has 0 N–H and O–H groups in total. The molecule has 6 nitrogen and oxygen atoms in total. The van der Waals surface area contributed by atoms with E-state index in [-0.39, 0.29) is 0 Å². The Morgan fingerprint density at radius 1 is 0.311 bits per heavy atom. The molecule has 0 aliphatic carbocycles. The summed E-state index contributed by atoms with van der Waals surface area (Å²) >= 11 is 0. The van der Waals surface area contributed by atoms with Crippen molar-refractivity contribution >= 4 is 76.3 Å². The van der Waals surface area contributed by atoms with Gasteiger partial charge in [-0.2, -0.15) is 0 Å². The number of fused-ring (bicyclic) bond motifs is 12. The predicted molar refractivity (Wildman–Crippen MR) is 250 cm³/mol. The van der Waals surface area contributed by atoms with Crippen LogP contribution in [-0.2, 0) is 0 Å². The highest BCUT2D eigenvalue weighted by Crippen LogP contribution is 2.44. The van der Waals surface area contributed by atoms with Crippen LogP contribution < -0.4 is 0 Å². The Bertz CT molecular complexity index is 3810. The first-order valence-corrected chi connectivity index (χ1v) is 20.5. The normalized spacial score (nSPS) is 11.9. The van der Waals surface area contributed by atoms with Crippen LogP contribution in [0.25, 0.3) is 122 Å². The molecule has 0 saturated carbocycles. The van der Waals surface area contributed by atoms with E-state index in [4.69, 9.17) is 19.4 Å². The molecule has 0 aliphatic rings. The molecule has 61 heavy (non-hydrogen) atoms. The molecule has 4 heterocycles. The maximum Gasteiger partial charge on any atom is 0.164 e. The van der Waals surface area contributed by atoms with Crippen molar-refractivity contribution in [3.8, 4) is 45.5 Å². The zero-order valence-corrected chi connectivity index (χ0v) is 32.7. The van der Waals surface area contributed by atoms with Crippen molar-refractivity contribution in [1.82, 2.24) is 24.1 Å². The molecular weight excluding hydrogens is 747 g/mol.